The van der Waals surface area contributed by atoms with Gasteiger partial charge in [-0.15, -0.1) is 10.2 Å². The van der Waals surface area contributed by atoms with Crippen molar-refractivity contribution in [3.05, 3.63) is 69.3 Å². The molecule has 2 N–H and O–H groups in total. The fraction of sp³-hybridized carbons (Fsp3) is 0.143. The largest absolute Gasteiger partial charge is 0.461 e. The van der Waals surface area contributed by atoms with Crippen molar-refractivity contribution in [2.24, 2.45) is 10.7 Å². The highest BCUT2D eigenvalue weighted by Crippen LogP contribution is 2.31. The van der Waals surface area contributed by atoms with Crippen LogP contribution < -0.4 is 5.73 Å². The average Bonchev–Trinajstić information content (AvgIpc) is 3.27. The maximum Gasteiger partial charge on any atom is 0.355 e. The lowest BCUT2D eigenvalue weighted by atomic mass is 10.2. The third-order valence-corrected chi connectivity index (χ3v) is 6.95. The number of esters is 1. The van der Waals surface area contributed by atoms with Crippen LogP contribution >= 0.6 is 34.5 Å². The fourth-order valence-corrected chi connectivity index (χ4v) is 4.52. The van der Waals surface area contributed by atoms with Gasteiger partial charge in [0.25, 0.3) is 0 Å². The number of para-hydroxylation sites is 1. The number of aromatic nitrogens is 2. The zero-order chi connectivity index (χ0) is 24.2. The van der Waals surface area contributed by atoms with E-state index in [2.05, 4.69) is 15.2 Å². The molecular weight excluding hydrogens is 507 g/mol. The number of aliphatic imine (C=N–C) groups is 1. The van der Waals surface area contributed by atoms with E-state index in [9.17, 15) is 13.2 Å². The number of carbonyl (C=O) groups is 1. The first-order valence-electron chi connectivity index (χ1n) is 9.42. The standard InChI is InChI=1S/C21H18Cl2N4O4S2/c1-3-31-21(28)17(24)16(23)18(25-15-10-5-4-9-14(15)22)20-27-26-19(32-20)12-7-6-8-13(11-12)33(2,29)30/h4-11H,3,24H2,1-2H3. The van der Waals surface area contributed by atoms with Gasteiger partial charge in [-0.3, -0.25) is 0 Å². The molecule has 1 aromatic heterocycles. The van der Waals surface area contributed by atoms with Crippen molar-refractivity contribution >= 4 is 61.7 Å². The number of sulfone groups is 1. The first kappa shape index (κ1) is 24.8. The minimum absolute atomic E-state index is 0.0679. The Morgan fingerprint density at radius 2 is 1.91 bits per heavy atom. The minimum atomic E-state index is -3.41. The summed E-state index contributed by atoms with van der Waals surface area (Å²) < 4.78 is 28.7. The molecule has 2 aromatic carbocycles. The van der Waals surface area contributed by atoms with Crippen LogP contribution in [0.25, 0.3) is 10.6 Å². The maximum atomic E-state index is 12.1. The van der Waals surface area contributed by atoms with Gasteiger partial charge >= 0.3 is 5.97 Å². The molecule has 0 aliphatic rings. The molecule has 0 aliphatic carbocycles. The van der Waals surface area contributed by atoms with E-state index in [0.29, 0.717) is 21.3 Å². The molecular formula is C21H18Cl2N4O4S2. The van der Waals surface area contributed by atoms with E-state index in [0.717, 1.165) is 17.6 Å². The summed E-state index contributed by atoms with van der Waals surface area (Å²) in [5.41, 5.74) is 6.55. The lowest BCUT2D eigenvalue weighted by Gasteiger charge is -2.07. The van der Waals surface area contributed by atoms with Gasteiger partial charge < -0.3 is 10.5 Å². The normalized spacial score (nSPS) is 12.9. The molecule has 8 nitrogen and oxygen atoms in total. The summed E-state index contributed by atoms with van der Waals surface area (Å²) in [6.07, 6.45) is 1.12. The number of benzene rings is 2. The molecule has 0 atom stereocenters. The molecule has 0 aliphatic heterocycles. The number of allylic oxidation sites excluding steroid dienone is 1. The highest BCUT2D eigenvalue weighted by Gasteiger charge is 2.22. The topological polar surface area (TPSA) is 125 Å². The van der Waals surface area contributed by atoms with Crippen molar-refractivity contribution in [3.8, 4) is 10.6 Å². The van der Waals surface area contributed by atoms with E-state index in [1.54, 1.807) is 43.3 Å². The first-order chi connectivity index (χ1) is 15.6. The van der Waals surface area contributed by atoms with Crippen LogP contribution in [-0.4, -0.2) is 43.2 Å². The predicted molar refractivity (Wildman–Crippen MR) is 130 cm³/mol. The van der Waals surface area contributed by atoms with Crippen LogP contribution in [-0.2, 0) is 19.4 Å². The van der Waals surface area contributed by atoms with Crippen molar-refractivity contribution in [2.75, 3.05) is 12.9 Å². The first-order valence-corrected chi connectivity index (χ1v) is 12.9. The van der Waals surface area contributed by atoms with E-state index in [1.807, 2.05) is 0 Å². The lowest BCUT2D eigenvalue weighted by Crippen LogP contribution is -2.19. The monoisotopic (exact) mass is 524 g/mol. The number of ether oxygens (including phenoxy) is 1. The Kier molecular flexibility index (Phi) is 7.85. The highest BCUT2D eigenvalue weighted by molar-refractivity contribution is 7.90. The zero-order valence-corrected chi connectivity index (χ0v) is 20.6. The van der Waals surface area contributed by atoms with Gasteiger partial charge in [-0.1, -0.05) is 58.8 Å². The summed E-state index contributed by atoms with van der Waals surface area (Å²) in [6, 6.07) is 13.1. The number of rotatable bonds is 7. The van der Waals surface area contributed by atoms with Crippen molar-refractivity contribution in [1.29, 1.82) is 0 Å². The Hall–Kier alpha value is -2.79. The molecule has 12 heteroatoms. The number of hydrogen-bond acceptors (Lipinski definition) is 9. The second kappa shape index (κ2) is 10.4. The lowest BCUT2D eigenvalue weighted by molar-refractivity contribution is -0.138. The van der Waals surface area contributed by atoms with Crippen molar-refractivity contribution in [1.82, 2.24) is 10.2 Å². The number of nitrogens with zero attached hydrogens (tertiary/aromatic N) is 3. The molecule has 0 unspecified atom stereocenters. The summed E-state index contributed by atoms with van der Waals surface area (Å²) in [7, 11) is -3.41. The van der Waals surface area contributed by atoms with Crippen molar-refractivity contribution < 1.29 is 17.9 Å². The second-order valence-corrected chi connectivity index (χ2v) is 10.4. The smallest absolute Gasteiger partial charge is 0.355 e. The van der Waals surface area contributed by atoms with Gasteiger partial charge in [0.1, 0.15) is 16.4 Å². The predicted octanol–water partition coefficient (Wildman–Crippen LogP) is 4.36. The quantitative estimate of drug-likeness (QED) is 0.276. The molecule has 0 saturated carbocycles. The third-order valence-electron chi connectivity index (χ3n) is 4.16. The number of hydrogen-bond donors (Lipinski definition) is 1. The Labute approximate surface area is 204 Å². The summed E-state index contributed by atoms with van der Waals surface area (Å²) in [5.74, 6) is -0.806. The van der Waals surface area contributed by atoms with Crippen LogP contribution in [0.1, 0.15) is 11.9 Å². The second-order valence-electron chi connectivity index (χ2n) is 6.57. The Morgan fingerprint density at radius 1 is 1.18 bits per heavy atom. The Balaban J connectivity index is 2.14. The van der Waals surface area contributed by atoms with Gasteiger partial charge in [0.15, 0.2) is 14.8 Å². The number of nitrogens with two attached hydrogens (primary N) is 1. The average molecular weight is 525 g/mol. The molecule has 0 amide bonds. The van der Waals surface area contributed by atoms with Crippen LogP contribution in [0.5, 0.6) is 0 Å². The van der Waals surface area contributed by atoms with E-state index in [4.69, 9.17) is 33.7 Å². The van der Waals surface area contributed by atoms with Crippen LogP contribution in [0.15, 0.2) is 69.1 Å². The Morgan fingerprint density at radius 3 is 2.58 bits per heavy atom. The highest BCUT2D eigenvalue weighted by atomic mass is 35.5. The van der Waals surface area contributed by atoms with Crippen LogP contribution in [0.3, 0.4) is 0 Å². The van der Waals surface area contributed by atoms with Gasteiger partial charge in [-0.2, -0.15) is 0 Å². The van der Waals surface area contributed by atoms with Gasteiger partial charge in [0.05, 0.1) is 27.2 Å². The molecule has 0 spiro atoms. The summed E-state index contributed by atoms with van der Waals surface area (Å²) in [6.45, 7) is 1.75. The fourth-order valence-electron chi connectivity index (χ4n) is 2.57. The molecule has 3 rings (SSSR count). The molecule has 172 valence electrons. The zero-order valence-electron chi connectivity index (χ0n) is 17.5. The van der Waals surface area contributed by atoms with Gasteiger partial charge in [-0.25, -0.2) is 18.2 Å². The molecule has 33 heavy (non-hydrogen) atoms. The van der Waals surface area contributed by atoms with E-state index in [-0.39, 0.29) is 33.0 Å². The SMILES string of the molecule is CCOC(=O)C(N)=C(Cl)C(=Nc1ccccc1Cl)c1nnc(-c2cccc(S(C)(=O)=O)c2)s1. The van der Waals surface area contributed by atoms with E-state index >= 15 is 0 Å². The molecule has 1 heterocycles. The third kappa shape index (κ3) is 5.97. The van der Waals surface area contributed by atoms with Gasteiger partial charge in [-0.05, 0) is 31.2 Å². The van der Waals surface area contributed by atoms with Crippen LogP contribution in [0.2, 0.25) is 5.02 Å². The van der Waals surface area contributed by atoms with Gasteiger partial charge in [0, 0.05) is 11.8 Å². The van der Waals surface area contributed by atoms with Crippen molar-refractivity contribution in [2.45, 2.75) is 11.8 Å². The maximum absolute atomic E-state index is 12.1. The summed E-state index contributed by atoms with van der Waals surface area (Å²) in [4.78, 5) is 16.8. The van der Waals surface area contributed by atoms with Crippen LogP contribution in [0, 0.1) is 0 Å². The Bertz CT molecular complexity index is 1370. The van der Waals surface area contributed by atoms with E-state index < -0.39 is 15.8 Å². The molecule has 0 radical (unpaired) electrons. The van der Waals surface area contributed by atoms with Gasteiger partial charge in [0.2, 0.25) is 0 Å². The minimum Gasteiger partial charge on any atom is -0.461 e. The summed E-state index contributed by atoms with van der Waals surface area (Å²) >= 11 is 13.8. The number of halogens is 2. The molecule has 0 bridgehead atoms. The number of carbonyl (C=O) groups excluding carboxylic acids is 1. The molecule has 0 fully saturated rings. The van der Waals surface area contributed by atoms with Crippen molar-refractivity contribution in [3.63, 3.8) is 0 Å². The molecule has 0 saturated heterocycles. The summed E-state index contributed by atoms with van der Waals surface area (Å²) in [5, 5.41) is 9.11. The van der Waals surface area contributed by atoms with Crippen LogP contribution in [0.4, 0.5) is 5.69 Å². The molecule has 3 aromatic rings. The van der Waals surface area contributed by atoms with E-state index in [1.165, 1.54) is 12.1 Å².